The van der Waals surface area contributed by atoms with E-state index in [0.29, 0.717) is 6.54 Å². The lowest BCUT2D eigenvalue weighted by Crippen LogP contribution is -2.40. The van der Waals surface area contributed by atoms with E-state index in [2.05, 4.69) is 10.6 Å². The zero-order valence-electron chi connectivity index (χ0n) is 6.30. The topological polar surface area (TPSA) is 76.4 Å². The van der Waals surface area contributed by atoms with E-state index in [1.54, 1.807) is 0 Å². The van der Waals surface area contributed by atoms with E-state index in [9.17, 15) is 4.79 Å². The van der Waals surface area contributed by atoms with Crippen LogP contribution in [-0.2, 0) is 4.74 Å². The number of hydrogen-bond acceptors (Lipinski definition) is 4. The SMILES string of the molecule is NC(=O)OC1CNCCCN1. The first kappa shape index (κ1) is 8.29. The van der Waals surface area contributed by atoms with Gasteiger partial charge in [-0.25, -0.2) is 4.79 Å². The van der Waals surface area contributed by atoms with E-state index in [4.69, 9.17) is 10.5 Å². The van der Waals surface area contributed by atoms with Gasteiger partial charge in [-0.3, -0.25) is 5.32 Å². The Balaban J connectivity index is 2.25. The summed E-state index contributed by atoms with van der Waals surface area (Å²) in [6.45, 7) is 2.43. The summed E-state index contributed by atoms with van der Waals surface area (Å²) in [5.74, 6) is 0. The van der Waals surface area contributed by atoms with E-state index >= 15 is 0 Å². The molecular formula is C6H13N3O2. The third-order valence-corrected chi connectivity index (χ3v) is 1.49. The Kier molecular flexibility index (Phi) is 3.13. The van der Waals surface area contributed by atoms with Crippen molar-refractivity contribution < 1.29 is 9.53 Å². The monoisotopic (exact) mass is 159 g/mol. The molecule has 1 heterocycles. The zero-order chi connectivity index (χ0) is 8.10. The Morgan fingerprint density at radius 2 is 2.36 bits per heavy atom. The molecule has 0 saturated carbocycles. The van der Waals surface area contributed by atoms with Gasteiger partial charge < -0.3 is 15.8 Å². The van der Waals surface area contributed by atoms with Crippen molar-refractivity contribution >= 4 is 6.09 Å². The quantitative estimate of drug-likeness (QED) is 0.458. The Morgan fingerprint density at radius 3 is 3.09 bits per heavy atom. The van der Waals surface area contributed by atoms with Crippen molar-refractivity contribution in [2.75, 3.05) is 19.6 Å². The molecule has 0 aromatic carbocycles. The van der Waals surface area contributed by atoms with Crippen LogP contribution in [0.15, 0.2) is 0 Å². The molecule has 1 unspecified atom stereocenters. The maximum atomic E-state index is 10.3. The molecule has 1 amide bonds. The molecule has 0 aliphatic carbocycles. The van der Waals surface area contributed by atoms with Gasteiger partial charge in [-0.1, -0.05) is 0 Å². The highest BCUT2D eigenvalue weighted by Gasteiger charge is 2.12. The van der Waals surface area contributed by atoms with Crippen LogP contribution in [0.25, 0.3) is 0 Å². The molecule has 0 bridgehead atoms. The average Bonchev–Trinajstić information content (AvgIpc) is 2.14. The molecule has 4 N–H and O–H groups in total. The van der Waals surface area contributed by atoms with Crippen molar-refractivity contribution in [3.63, 3.8) is 0 Å². The highest BCUT2D eigenvalue weighted by Crippen LogP contribution is 1.90. The third-order valence-electron chi connectivity index (χ3n) is 1.49. The number of carbonyl (C=O) groups excluding carboxylic acids is 1. The third kappa shape index (κ3) is 3.20. The van der Waals surface area contributed by atoms with Crippen LogP contribution < -0.4 is 16.4 Å². The van der Waals surface area contributed by atoms with Crippen LogP contribution in [0.2, 0.25) is 0 Å². The second-order valence-corrected chi connectivity index (χ2v) is 2.44. The molecule has 0 spiro atoms. The summed E-state index contributed by atoms with van der Waals surface area (Å²) in [4.78, 5) is 10.3. The van der Waals surface area contributed by atoms with Crippen molar-refractivity contribution in [2.24, 2.45) is 5.73 Å². The molecule has 11 heavy (non-hydrogen) atoms. The van der Waals surface area contributed by atoms with E-state index in [1.807, 2.05) is 0 Å². The molecule has 5 heteroatoms. The average molecular weight is 159 g/mol. The van der Waals surface area contributed by atoms with Crippen LogP contribution in [0.1, 0.15) is 6.42 Å². The van der Waals surface area contributed by atoms with Crippen LogP contribution in [0.3, 0.4) is 0 Å². The fourth-order valence-electron chi connectivity index (χ4n) is 1.01. The van der Waals surface area contributed by atoms with E-state index in [0.717, 1.165) is 19.5 Å². The summed E-state index contributed by atoms with van der Waals surface area (Å²) >= 11 is 0. The van der Waals surface area contributed by atoms with Crippen LogP contribution in [0.5, 0.6) is 0 Å². The summed E-state index contributed by atoms with van der Waals surface area (Å²) in [6.07, 6.45) is 0.0414. The fourth-order valence-corrected chi connectivity index (χ4v) is 1.01. The fraction of sp³-hybridized carbons (Fsp3) is 0.833. The molecule has 5 nitrogen and oxygen atoms in total. The van der Waals surface area contributed by atoms with Crippen molar-refractivity contribution in [1.29, 1.82) is 0 Å². The standard InChI is InChI=1S/C6H13N3O2/c7-6(10)11-5-4-8-2-1-3-9-5/h5,8-9H,1-4H2,(H2,7,10). The van der Waals surface area contributed by atoms with Crippen molar-refractivity contribution in [2.45, 2.75) is 12.6 Å². The Labute approximate surface area is 65.3 Å². The molecule has 64 valence electrons. The van der Waals surface area contributed by atoms with Crippen molar-refractivity contribution in [1.82, 2.24) is 10.6 Å². The maximum Gasteiger partial charge on any atom is 0.406 e. The zero-order valence-corrected chi connectivity index (χ0v) is 6.30. The lowest BCUT2D eigenvalue weighted by atomic mass is 10.4. The van der Waals surface area contributed by atoms with Gasteiger partial charge in [-0.15, -0.1) is 0 Å². The number of nitrogens with one attached hydrogen (secondary N) is 2. The highest BCUT2D eigenvalue weighted by atomic mass is 16.6. The van der Waals surface area contributed by atoms with E-state index in [1.165, 1.54) is 0 Å². The number of hydrogen-bond donors (Lipinski definition) is 3. The van der Waals surface area contributed by atoms with Crippen molar-refractivity contribution in [3.8, 4) is 0 Å². The molecule has 0 aromatic rings. The first-order valence-corrected chi connectivity index (χ1v) is 3.69. The van der Waals surface area contributed by atoms with Crippen LogP contribution in [0.4, 0.5) is 4.79 Å². The van der Waals surface area contributed by atoms with Gasteiger partial charge in [0.1, 0.15) is 0 Å². The van der Waals surface area contributed by atoms with Gasteiger partial charge in [0.05, 0.1) is 0 Å². The van der Waals surface area contributed by atoms with Crippen LogP contribution in [0, 0.1) is 0 Å². The maximum absolute atomic E-state index is 10.3. The molecular weight excluding hydrogens is 146 g/mol. The lowest BCUT2D eigenvalue weighted by Gasteiger charge is -2.14. The smallest absolute Gasteiger partial charge is 0.406 e. The normalized spacial score (nSPS) is 25.6. The summed E-state index contributed by atoms with van der Waals surface area (Å²) < 4.78 is 4.74. The summed E-state index contributed by atoms with van der Waals surface area (Å²) in [5.41, 5.74) is 4.85. The number of carbonyl (C=O) groups is 1. The lowest BCUT2D eigenvalue weighted by molar-refractivity contribution is 0.0901. The van der Waals surface area contributed by atoms with Gasteiger partial charge in [0.25, 0.3) is 0 Å². The van der Waals surface area contributed by atoms with Crippen LogP contribution in [-0.4, -0.2) is 32.0 Å². The highest BCUT2D eigenvalue weighted by molar-refractivity contribution is 5.64. The molecule has 1 aliphatic rings. The molecule has 1 atom stereocenters. The molecule has 0 aromatic heterocycles. The number of nitrogens with two attached hydrogens (primary N) is 1. The first-order chi connectivity index (χ1) is 5.29. The molecule has 1 rings (SSSR count). The van der Waals surface area contributed by atoms with Crippen molar-refractivity contribution in [3.05, 3.63) is 0 Å². The minimum absolute atomic E-state index is 0.269. The number of primary amides is 1. The van der Waals surface area contributed by atoms with Gasteiger partial charge in [0, 0.05) is 6.54 Å². The Bertz CT molecular complexity index is 132. The molecule has 1 aliphatic heterocycles. The van der Waals surface area contributed by atoms with Gasteiger partial charge >= 0.3 is 6.09 Å². The molecule has 1 saturated heterocycles. The first-order valence-electron chi connectivity index (χ1n) is 3.69. The minimum Gasteiger partial charge on any atom is -0.429 e. The van der Waals surface area contributed by atoms with E-state index < -0.39 is 6.09 Å². The number of amides is 1. The summed E-state index contributed by atoms with van der Waals surface area (Å²) in [6, 6.07) is 0. The molecule has 0 radical (unpaired) electrons. The van der Waals surface area contributed by atoms with Gasteiger partial charge in [0.2, 0.25) is 0 Å². The predicted octanol–water partition coefficient (Wildman–Crippen LogP) is -1.01. The second kappa shape index (κ2) is 4.15. The number of ether oxygens (including phenoxy) is 1. The second-order valence-electron chi connectivity index (χ2n) is 2.44. The Hall–Kier alpha value is -0.810. The van der Waals surface area contributed by atoms with Crippen LogP contribution >= 0.6 is 0 Å². The van der Waals surface area contributed by atoms with Gasteiger partial charge in [-0.2, -0.15) is 0 Å². The molecule has 1 fully saturated rings. The Morgan fingerprint density at radius 1 is 1.55 bits per heavy atom. The minimum atomic E-state index is -0.730. The summed E-state index contributed by atoms with van der Waals surface area (Å²) in [5, 5.41) is 6.13. The predicted molar refractivity (Wildman–Crippen MR) is 39.9 cm³/mol. The number of rotatable bonds is 1. The van der Waals surface area contributed by atoms with Gasteiger partial charge in [-0.05, 0) is 19.5 Å². The summed E-state index contributed by atoms with van der Waals surface area (Å²) in [7, 11) is 0. The van der Waals surface area contributed by atoms with Gasteiger partial charge in [0.15, 0.2) is 6.23 Å². The van der Waals surface area contributed by atoms with E-state index in [-0.39, 0.29) is 6.23 Å². The largest absolute Gasteiger partial charge is 0.429 e.